The molecule has 2 rings (SSSR count). The van der Waals surface area contributed by atoms with Gasteiger partial charge in [-0.05, 0) is 42.0 Å². The van der Waals surface area contributed by atoms with Gasteiger partial charge in [-0.3, -0.25) is 0 Å². The van der Waals surface area contributed by atoms with Crippen molar-refractivity contribution in [2.24, 2.45) is 0 Å². The van der Waals surface area contributed by atoms with Crippen molar-refractivity contribution in [3.8, 4) is 11.8 Å². The van der Waals surface area contributed by atoms with E-state index >= 15 is 0 Å². The Morgan fingerprint density at radius 3 is 2.35 bits per heavy atom. The fraction of sp³-hybridized carbons (Fsp3) is 0.176. The second kappa shape index (κ2) is 7.74. The second-order valence-electron chi connectivity index (χ2n) is 4.21. The normalized spacial score (nSPS) is 9.90. The number of hydrogen-bond acceptors (Lipinski definition) is 2. The Kier molecular flexibility index (Phi) is 5.67. The van der Waals surface area contributed by atoms with Crippen LogP contribution in [0.2, 0.25) is 0 Å². The van der Waals surface area contributed by atoms with Crippen molar-refractivity contribution in [1.29, 1.82) is 0 Å². The lowest BCUT2D eigenvalue weighted by Gasteiger charge is -2.02. The summed E-state index contributed by atoms with van der Waals surface area (Å²) < 4.78 is 12.8. The SMILES string of the molecule is OCCC#Cc1ccc(CSc2ccc(F)cc2)cc1. The second-order valence-corrected chi connectivity index (χ2v) is 5.26. The Hall–Kier alpha value is -1.76. The number of rotatable bonds is 4. The van der Waals surface area contributed by atoms with Crippen molar-refractivity contribution in [3.05, 3.63) is 65.5 Å². The summed E-state index contributed by atoms with van der Waals surface area (Å²) in [6.07, 6.45) is 0.502. The van der Waals surface area contributed by atoms with E-state index in [4.69, 9.17) is 5.11 Å². The molecule has 2 aromatic carbocycles. The number of halogens is 1. The summed E-state index contributed by atoms with van der Waals surface area (Å²) in [7, 11) is 0. The van der Waals surface area contributed by atoms with Crippen molar-refractivity contribution in [3.63, 3.8) is 0 Å². The van der Waals surface area contributed by atoms with Crippen LogP contribution in [0.3, 0.4) is 0 Å². The third-order valence-corrected chi connectivity index (χ3v) is 3.73. The van der Waals surface area contributed by atoms with Gasteiger partial charge in [-0.15, -0.1) is 11.8 Å². The first-order chi connectivity index (χ1) is 9.78. The zero-order valence-electron chi connectivity index (χ0n) is 11.0. The van der Waals surface area contributed by atoms with Crippen LogP contribution in [0, 0.1) is 17.7 Å². The van der Waals surface area contributed by atoms with Gasteiger partial charge in [0.1, 0.15) is 5.82 Å². The monoisotopic (exact) mass is 286 g/mol. The van der Waals surface area contributed by atoms with Crippen molar-refractivity contribution in [2.75, 3.05) is 6.61 Å². The summed E-state index contributed by atoms with van der Waals surface area (Å²) in [5, 5.41) is 8.66. The highest BCUT2D eigenvalue weighted by molar-refractivity contribution is 7.98. The number of thioether (sulfide) groups is 1. The Labute approximate surface area is 122 Å². The van der Waals surface area contributed by atoms with Gasteiger partial charge >= 0.3 is 0 Å². The highest BCUT2D eigenvalue weighted by atomic mass is 32.2. The summed E-state index contributed by atoms with van der Waals surface area (Å²) in [5.41, 5.74) is 2.15. The molecule has 0 saturated heterocycles. The molecule has 0 fully saturated rings. The van der Waals surface area contributed by atoms with E-state index in [9.17, 15) is 4.39 Å². The van der Waals surface area contributed by atoms with E-state index in [1.807, 2.05) is 24.3 Å². The Balaban J connectivity index is 1.91. The average Bonchev–Trinajstić information content (AvgIpc) is 2.48. The minimum absolute atomic E-state index is 0.0966. The molecule has 0 aliphatic carbocycles. The van der Waals surface area contributed by atoms with E-state index in [0.717, 1.165) is 16.2 Å². The largest absolute Gasteiger partial charge is 0.395 e. The van der Waals surface area contributed by atoms with Crippen LogP contribution in [0.1, 0.15) is 17.5 Å². The van der Waals surface area contributed by atoms with E-state index in [1.165, 1.54) is 17.7 Å². The zero-order valence-corrected chi connectivity index (χ0v) is 11.8. The quantitative estimate of drug-likeness (QED) is 0.680. The predicted octanol–water partition coefficient (Wildman–Crippen LogP) is 3.85. The topological polar surface area (TPSA) is 20.2 Å². The Morgan fingerprint density at radius 1 is 1.00 bits per heavy atom. The third kappa shape index (κ3) is 4.73. The van der Waals surface area contributed by atoms with Gasteiger partial charge in [0.05, 0.1) is 6.61 Å². The number of aliphatic hydroxyl groups excluding tert-OH is 1. The molecule has 0 saturated carbocycles. The van der Waals surface area contributed by atoms with Crippen LogP contribution in [-0.4, -0.2) is 11.7 Å². The molecule has 0 unspecified atom stereocenters. The summed E-state index contributed by atoms with van der Waals surface area (Å²) in [4.78, 5) is 1.05. The molecule has 0 heterocycles. The number of hydrogen-bond donors (Lipinski definition) is 1. The first-order valence-corrected chi connectivity index (χ1v) is 7.33. The van der Waals surface area contributed by atoms with Crippen LogP contribution < -0.4 is 0 Å². The first kappa shape index (κ1) is 14.6. The average molecular weight is 286 g/mol. The standard InChI is InChI=1S/C17H15FOS/c18-16-8-10-17(11-9-16)20-13-15-6-4-14(5-7-15)3-1-2-12-19/h4-11,19H,2,12-13H2. The van der Waals surface area contributed by atoms with Crippen LogP contribution in [0.4, 0.5) is 4.39 Å². The van der Waals surface area contributed by atoms with E-state index < -0.39 is 0 Å². The molecule has 2 aromatic rings. The fourth-order valence-corrected chi connectivity index (χ4v) is 2.46. The van der Waals surface area contributed by atoms with E-state index in [0.29, 0.717) is 6.42 Å². The molecule has 1 N–H and O–H groups in total. The fourth-order valence-electron chi connectivity index (χ4n) is 1.60. The zero-order chi connectivity index (χ0) is 14.2. The minimum Gasteiger partial charge on any atom is -0.395 e. The van der Waals surface area contributed by atoms with E-state index in [1.54, 1.807) is 23.9 Å². The molecule has 3 heteroatoms. The van der Waals surface area contributed by atoms with E-state index in [2.05, 4.69) is 11.8 Å². The molecule has 0 spiro atoms. The molecule has 0 aliphatic rings. The summed E-state index contributed by atoms with van der Waals surface area (Å²) in [6.45, 7) is 0.0966. The van der Waals surface area contributed by atoms with Crippen LogP contribution in [0.5, 0.6) is 0 Å². The van der Waals surface area contributed by atoms with Crippen LogP contribution in [0.15, 0.2) is 53.4 Å². The summed E-state index contributed by atoms with van der Waals surface area (Å²) in [6, 6.07) is 14.6. The highest BCUT2D eigenvalue weighted by Gasteiger charge is 1.97. The highest BCUT2D eigenvalue weighted by Crippen LogP contribution is 2.22. The number of benzene rings is 2. The van der Waals surface area contributed by atoms with Gasteiger partial charge in [0.15, 0.2) is 0 Å². The molecule has 102 valence electrons. The minimum atomic E-state index is -0.208. The summed E-state index contributed by atoms with van der Waals surface area (Å²) >= 11 is 1.67. The molecule has 0 radical (unpaired) electrons. The smallest absolute Gasteiger partial charge is 0.123 e. The van der Waals surface area contributed by atoms with E-state index in [-0.39, 0.29) is 12.4 Å². The van der Waals surface area contributed by atoms with Gasteiger partial charge in [0.2, 0.25) is 0 Å². The maximum absolute atomic E-state index is 12.8. The van der Waals surface area contributed by atoms with Crippen LogP contribution in [0.25, 0.3) is 0 Å². The van der Waals surface area contributed by atoms with Crippen molar-refractivity contribution >= 4 is 11.8 Å². The summed E-state index contributed by atoms with van der Waals surface area (Å²) in [5.74, 6) is 6.52. The van der Waals surface area contributed by atoms with Gasteiger partial charge in [-0.1, -0.05) is 24.0 Å². The van der Waals surface area contributed by atoms with Crippen molar-refractivity contribution in [1.82, 2.24) is 0 Å². The van der Waals surface area contributed by atoms with Crippen LogP contribution >= 0.6 is 11.8 Å². The molecule has 0 amide bonds. The predicted molar refractivity (Wildman–Crippen MR) is 81.0 cm³/mol. The molecule has 0 aliphatic heterocycles. The lowest BCUT2D eigenvalue weighted by Crippen LogP contribution is -1.83. The molecule has 0 aromatic heterocycles. The van der Waals surface area contributed by atoms with Gasteiger partial charge in [-0.2, -0.15) is 0 Å². The van der Waals surface area contributed by atoms with Gasteiger partial charge in [0, 0.05) is 22.6 Å². The third-order valence-electron chi connectivity index (χ3n) is 2.64. The molecular formula is C17H15FOS. The molecule has 0 atom stereocenters. The van der Waals surface area contributed by atoms with Gasteiger partial charge in [0.25, 0.3) is 0 Å². The van der Waals surface area contributed by atoms with Gasteiger partial charge in [-0.25, -0.2) is 4.39 Å². The maximum Gasteiger partial charge on any atom is 0.123 e. The van der Waals surface area contributed by atoms with Crippen molar-refractivity contribution in [2.45, 2.75) is 17.1 Å². The molecular weight excluding hydrogens is 271 g/mol. The van der Waals surface area contributed by atoms with Crippen LogP contribution in [-0.2, 0) is 5.75 Å². The lowest BCUT2D eigenvalue weighted by atomic mass is 10.1. The lowest BCUT2D eigenvalue weighted by molar-refractivity contribution is 0.305. The maximum atomic E-state index is 12.8. The Bertz CT molecular complexity index is 594. The molecule has 1 nitrogen and oxygen atoms in total. The molecule has 0 bridgehead atoms. The molecule has 20 heavy (non-hydrogen) atoms. The first-order valence-electron chi connectivity index (χ1n) is 6.35. The Morgan fingerprint density at radius 2 is 1.70 bits per heavy atom. The number of aliphatic hydroxyl groups is 1. The van der Waals surface area contributed by atoms with Crippen molar-refractivity contribution < 1.29 is 9.50 Å². The van der Waals surface area contributed by atoms with Gasteiger partial charge < -0.3 is 5.11 Å².